The number of aromatic nitrogens is 2. The fraction of sp³-hybridized carbons (Fsp3) is 0.500. The fourth-order valence-electron chi connectivity index (χ4n) is 2.66. The Labute approximate surface area is 107 Å². The fourth-order valence-corrected chi connectivity index (χ4v) is 2.93. The second-order valence-electron chi connectivity index (χ2n) is 5.55. The van der Waals surface area contributed by atoms with E-state index in [9.17, 15) is 0 Å². The number of para-hydroxylation sites is 2. The lowest BCUT2D eigenvalue weighted by Crippen LogP contribution is -2.17. The summed E-state index contributed by atoms with van der Waals surface area (Å²) in [4.78, 5) is 3.29. The van der Waals surface area contributed by atoms with Crippen LogP contribution in [-0.2, 0) is 6.54 Å². The summed E-state index contributed by atoms with van der Waals surface area (Å²) in [6.07, 6.45) is 2.68. The first-order valence-corrected chi connectivity index (χ1v) is 6.71. The van der Waals surface area contributed by atoms with Gasteiger partial charge in [0, 0.05) is 6.54 Å². The lowest BCUT2D eigenvalue weighted by molar-refractivity contribution is 0.311. The second-order valence-corrected chi connectivity index (χ2v) is 5.94. The zero-order valence-electron chi connectivity index (χ0n) is 10.4. The molecular weight excluding hydrogens is 228 g/mol. The van der Waals surface area contributed by atoms with Gasteiger partial charge in [-0.05, 0) is 48.5 Å². The van der Waals surface area contributed by atoms with Gasteiger partial charge in [-0.25, -0.2) is 0 Å². The smallest absolute Gasteiger partial charge is 0.178 e. The highest BCUT2D eigenvalue weighted by atomic mass is 32.1. The highest BCUT2D eigenvalue weighted by molar-refractivity contribution is 7.71. The molecule has 2 nitrogen and oxygen atoms in total. The van der Waals surface area contributed by atoms with Crippen molar-refractivity contribution in [2.45, 2.75) is 33.2 Å². The average molecular weight is 246 g/mol. The van der Waals surface area contributed by atoms with Crippen LogP contribution in [0.2, 0.25) is 0 Å². The van der Waals surface area contributed by atoms with E-state index in [2.05, 4.69) is 41.6 Å². The summed E-state index contributed by atoms with van der Waals surface area (Å²) in [7, 11) is 0. The van der Waals surface area contributed by atoms with Gasteiger partial charge in [0.1, 0.15) is 0 Å². The van der Waals surface area contributed by atoms with Gasteiger partial charge in [0.25, 0.3) is 0 Å². The molecule has 17 heavy (non-hydrogen) atoms. The van der Waals surface area contributed by atoms with E-state index in [1.165, 1.54) is 18.4 Å². The van der Waals surface area contributed by atoms with E-state index in [1.807, 2.05) is 6.07 Å². The Bertz CT molecular complexity index is 602. The lowest BCUT2D eigenvalue weighted by Gasteiger charge is -2.20. The molecule has 0 amide bonds. The zero-order valence-corrected chi connectivity index (χ0v) is 11.2. The maximum absolute atomic E-state index is 5.44. The van der Waals surface area contributed by atoms with Gasteiger partial charge in [0.2, 0.25) is 0 Å². The molecule has 1 saturated carbocycles. The minimum Gasteiger partial charge on any atom is -0.331 e. The van der Waals surface area contributed by atoms with Crippen LogP contribution in [0.3, 0.4) is 0 Å². The highest BCUT2D eigenvalue weighted by Crippen LogP contribution is 2.53. The van der Waals surface area contributed by atoms with Gasteiger partial charge in [-0.15, -0.1) is 0 Å². The molecule has 0 spiro atoms. The van der Waals surface area contributed by atoms with Crippen molar-refractivity contribution in [3.63, 3.8) is 0 Å². The Morgan fingerprint density at radius 2 is 2.06 bits per heavy atom. The predicted molar refractivity (Wildman–Crippen MR) is 73.6 cm³/mol. The summed E-state index contributed by atoms with van der Waals surface area (Å²) in [6.45, 7) is 5.71. The summed E-state index contributed by atoms with van der Waals surface area (Å²) in [6, 6.07) is 8.37. The number of nitrogens with one attached hydrogen (secondary N) is 1. The monoisotopic (exact) mass is 246 g/mol. The van der Waals surface area contributed by atoms with Crippen molar-refractivity contribution in [2.24, 2.45) is 11.3 Å². The average Bonchev–Trinajstić information content (AvgIpc) is 3.01. The minimum absolute atomic E-state index is 0.489. The maximum atomic E-state index is 5.44. The van der Waals surface area contributed by atoms with Gasteiger partial charge in [0.05, 0.1) is 11.0 Å². The Balaban J connectivity index is 2.06. The molecule has 3 heteroatoms. The van der Waals surface area contributed by atoms with E-state index < -0.39 is 0 Å². The van der Waals surface area contributed by atoms with Crippen molar-refractivity contribution in [2.75, 3.05) is 0 Å². The molecule has 0 saturated heterocycles. The van der Waals surface area contributed by atoms with E-state index in [0.29, 0.717) is 5.41 Å². The molecule has 0 unspecified atom stereocenters. The molecule has 1 aliphatic carbocycles. The molecule has 1 aliphatic rings. The van der Waals surface area contributed by atoms with E-state index in [4.69, 9.17) is 12.2 Å². The molecule has 1 N–H and O–H groups in total. The lowest BCUT2D eigenvalue weighted by atomic mass is 9.92. The first-order chi connectivity index (χ1) is 8.12. The predicted octanol–water partition coefficient (Wildman–Crippen LogP) is 4.14. The Hall–Kier alpha value is -1.09. The number of fused-ring (bicyclic) bond motifs is 1. The number of hydrogen-bond donors (Lipinski definition) is 1. The zero-order chi connectivity index (χ0) is 12.0. The van der Waals surface area contributed by atoms with Crippen molar-refractivity contribution in [3.05, 3.63) is 29.0 Å². The van der Waals surface area contributed by atoms with E-state index >= 15 is 0 Å². The summed E-state index contributed by atoms with van der Waals surface area (Å²) in [5.74, 6) is 0.734. The van der Waals surface area contributed by atoms with Gasteiger partial charge < -0.3 is 9.55 Å². The molecule has 1 fully saturated rings. The van der Waals surface area contributed by atoms with Gasteiger partial charge in [-0.1, -0.05) is 26.0 Å². The van der Waals surface area contributed by atoms with Crippen LogP contribution >= 0.6 is 12.2 Å². The molecule has 1 heterocycles. The van der Waals surface area contributed by atoms with Crippen LogP contribution < -0.4 is 0 Å². The van der Waals surface area contributed by atoms with Crippen LogP contribution in [0.4, 0.5) is 0 Å². The third kappa shape index (κ3) is 1.73. The Morgan fingerprint density at radius 3 is 2.71 bits per heavy atom. The normalized spacial score (nSPS) is 17.8. The summed E-state index contributed by atoms with van der Waals surface area (Å²) in [5, 5.41) is 0. The first kappa shape index (κ1) is 11.0. The third-order valence-electron chi connectivity index (χ3n) is 4.27. The van der Waals surface area contributed by atoms with Crippen LogP contribution in [-0.4, -0.2) is 9.55 Å². The van der Waals surface area contributed by atoms with Gasteiger partial charge in [-0.3, -0.25) is 0 Å². The van der Waals surface area contributed by atoms with Gasteiger partial charge in [0.15, 0.2) is 4.77 Å². The largest absolute Gasteiger partial charge is 0.331 e. The van der Waals surface area contributed by atoms with Crippen molar-refractivity contribution >= 4 is 23.3 Å². The summed E-state index contributed by atoms with van der Waals surface area (Å²) >= 11 is 5.44. The summed E-state index contributed by atoms with van der Waals surface area (Å²) in [5.41, 5.74) is 2.88. The quantitative estimate of drug-likeness (QED) is 0.807. The van der Waals surface area contributed by atoms with Crippen LogP contribution in [0.25, 0.3) is 11.0 Å². The van der Waals surface area contributed by atoms with Crippen LogP contribution in [0, 0.1) is 16.1 Å². The topological polar surface area (TPSA) is 20.7 Å². The van der Waals surface area contributed by atoms with Crippen molar-refractivity contribution in [1.82, 2.24) is 9.55 Å². The maximum Gasteiger partial charge on any atom is 0.178 e. The van der Waals surface area contributed by atoms with Gasteiger partial charge in [-0.2, -0.15) is 0 Å². The van der Waals surface area contributed by atoms with Crippen LogP contribution in [0.5, 0.6) is 0 Å². The summed E-state index contributed by atoms with van der Waals surface area (Å²) < 4.78 is 3.13. The van der Waals surface area contributed by atoms with Crippen LogP contribution in [0.15, 0.2) is 24.3 Å². The molecule has 1 aromatic carbocycles. The number of hydrogen-bond acceptors (Lipinski definition) is 1. The third-order valence-corrected chi connectivity index (χ3v) is 4.59. The highest BCUT2D eigenvalue weighted by Gasteiger charge is 2.45. The molecule has 0 bridgehead atoms. The molecule has 0 atom stereocenters. The van der Waals surface area contributed by atoms with Crippen LogP contribution in [0.1, 0.15) is 26.7 Å². The molecule has 0 aliphatic heterocycles. The van der Waals surface area contributed by atoms with Crippen molar-refractivity contribution < 1.29 is 0 Å². The molecule has 2 aromatic rings. The molecule has 3 rings (SSSR count). The van der Waals surface area contributed by atoms with Gasteiger partial charge >= 0.3 is 0 Å². The van der Waals surface area contributed by atoms with Crippen molar-refractivity contribution in [1.29, 1.82) is 0 Å². The number of aromatic amines is 1. The molecule has 1 aromatic heterocycles. The first-order valence-electron chi connectivity index (χ1n) is 6.30. The number of imidazole rings is 1. The second kappa shape index (κ2) is 3.70. The van der Waals surface area contributed by atoms with E-state index in [0.717, 1.165) is 22.8 Å². The minimum atomic E-state index is 0.489. The Morgan fingerprint density at radius 1 is 1.35 bits per heavy atom. The Kier molecular flexibility index (Phi) is 2.40. The number of nitrogens with zero attached hydrogens (tertiary/aromatic N) is 1. The SMILES string of the molecule is CC(C)C1(Cn2c(=S)[nH]c3ccccc32)CC1. The molecule has 0 radical (unpaired) electrons. The van der Waals surface area contributed by atoms with E-state index in [-0.39, 0.29) is 0 Å². The number of benzene rings is 1. The van der Waals surface area contributed by atoms with E-state index in [1.54, 1.807) is 0 Å². The van der Waals surface area contributed by atoms with Crippen molar-refractivity contribution in [3.8, 4) is 0 Å². The molecular formula is C14H18N2S. The number of H-pyrrole nitrogens is 1. The molecule has 90 valence electrons. The standard InChI is InChI=1S/C14H18N2S/c1-10(2)14(7-8-14)9-16-12-6-4-3-5-11(12)15-13(16)17/h3-6,10H,7-9H2,1-2H3,(H,15,17). The number of rotatable bonds is 3.